The number of aliphatic hydroxyl groups excluding tert-OH is 1. The number of aliphatic hydroxyl groups is 1. The van der Waals surface area contributed by atoms with Gasteiger partial charge in [0.25, 0.3) is 0 Å². The van der Waals surface area contributed by atoms with Crippen molar-refractivity contribution >= 4 is 5.91 Å². The van der Waals surface area contributed by atoms with Gasteiger partial charge < -0.3 is 10.0 Å². The molecule has 0 aliphatic carbocycles. The van der Waals surface area contributed by atoms with E-state index >= 15 is 0 Å². The fraction of sp³-hybridized carbons (Fsp3) is 0.917. The minimum atomic E-state index is -0.385. The molecule has 0 spiro atoms. The van der Waals surface area contributed by atoms with Crippen LogP contribution in [0, 0.1) is 0 Å². The first-order valence-electron chi connectivity index (χ1n) is 5.99. The Hall–Kier alpha value is -0.610. The zero-order valence-electron chi connectivity index (χ0n) is 11.0. The summed E-state index contributed by atoms with van der Waals surface area (Å²) >= 11 is 0. The monoisotopic (exact) mass is 228 g/mol. The van der Waals surface area contributed by atoms with Crippen LogP contribution in [0.25, 0.3) is 0 Å². The summed E-state index contributed by atoms with van der Waals surface area (Å²) < 4.78 is 0. The summed E-state index contributed by atoms with van der Waals surface area (Å²) in [6, 6.07) is -0.0755. The first kappa shape index (κ1) is 13.5. The van der Waals surface area contributed by atoms with Gasteiger partial charge in [0.05, 0.1) is 6.61 Å². The van der Waals surface area contributed by atoms with Gasteiger partial charge in [-0.3, -0.25) is 9.69 Å². The average Bonchev–Trinajstić information content (AvgIpc) is 2.21. The van der Waals surface area contributed by atoms with Crippen molar-refractivity contribution in [3.8, 4) is 0 Å². The third kappa shape index (κ3) is 2.23. The Morgan fingerprint density at radius 1 is 1.56 bits per heavy atom. The summed E-state index contributed by atoms with van der Waals surface area (Å²) in [4.78, 5) is 15.9. The molecule has 0 aromatic rings. The summed E-state index contributed by atoms with van der Waals surface area (Å²) in [6.45, 7) is 9.10. The average molecular weight is 228 g/mol. The molecule has 1 fully saturated rings. The molecule has 16 heavy (non-hydrogen) atoms. The maximum atomic E-state index is 12.0. The van der Waals surface area contributed by atoms with Gasteiger partial charge in [0, 0.05) is 25.2 Å². The second kappa shape index (κ2) is 4.72. The van der Waals surface area contributed by atoms with E-state index in [4.69, 9.17) is 0 Å². The van der Waals surface area contributed by atoms with Crippen molar-refractivity contribution in [1.29, 1.82) is 0 Å². The van der Waals surface area contributed by atoms with Crippen LogP contribution < -0.4 is 0 Å². The second-order valence-electron chi connectivity index (χ2n) is 5.37. The molecule has 1 amide bonds. The summed E-state index contributed by atoms with van der Waals surface area (Å²) in [5.41, 5.74) is -0.0779. The van der Waals surface area contributed by atoms with Crippen LogP contribution in [0.15, 0.2) is 0 Å². The molecule has 1 aliphatic rings. The number of hydrogen-bond donors (Lipinski definition) is 1. The molecule has 1 heterocycles. The molecule has 0 radical (unpaired) electrons. The van der Waals surface area contributed by atoms with Crippen LogP contribution in [0.2, 0.25) is 0 Å². The van der Waals surface area contributed by atoms with Gasteiger partial charge in [0.15, 0.2) is 0 Å². The van der Waals surface area contributed by atoms with Crippen molar-refractivity contribution in [1.82, 2.24) is 9.80 Å². The molecule has 1 saturated heterocycles. The quantitative estimate of drug-likeness (QED) is 0.773. The van der Waals surface area contributed by atoms with Gasteiger partial charge in [-0.2, -0.15) is 0 Å². The van der Waals surface area contributed by atoms with E-state index in [2.05, 4.69) is 32.6 Å². The minimum absolute atomic E-state index is 0.0297. The summed E-state index contributed by atoms with van der Waals surface area (Å²) in [7, 11) is 1.81. The molecule has 0 aromatic heterocycles. The van der Waals surface area contributed by atoms with Crippen LogP contribution in [0.3, 0.4) is 0 Å². The highest BCUT2D eigenvalue weighted by molar-refractivity contribution is 5.83. The topological polar surface area (TPSA) is 43.8 Å². The number of piperazine rings is 1. The van der Waals surface area contributed by atoms with Crippen LogP contribution in [0.1, 0.15) is 34.1 Å². The Bertz CT molecular complexity index is 266. The Balaban J connectivity index is 3.02. The Labute approximate surface area is 98.2 Å². The minimum Gasteiger partial charge on any atom is -0.394 e. The lowest BCUT2D eigenvalue weighted by Gasteiger charge is -2.52. The summed E-state index contributed by atoms with van der Waals surface area (Å²) in [6.07, 6.45) is 0.983. The molecule has 2 unspecified atom stereocenters. The van der Waals surface area contributed by atoms with E-state index in [9.17, 15) is 9.90 Å². The predicted molar refractivity (Wildman–Crippen MR) is 64.2 cm³/mol. The lowest BCUT2D eigenvalue weighted by molar-refractivity contribution is -0.153. The van der Waals surface area contributed by atoms with Crippen LogP contribution >= 0.6 is 0 Å². The molecule has 4 nitrogen and oxygen atoms in total. The van der Waals surface area contributed by atoms with Crippen molar-refractivity contribution in [3.05, 3.63) is 0 Å². The van der Waals surface area contributed by atoms with Crippen molar-refractivity contribution in [3.63, 3.8) is 0 Å². The number of hydrogen-bond acceptors (Lipinski definition) is 3. The fourth-order valence-electron chi connectivity index (χ4n) is 2.80. The van der Waals surface area contributed by atoms with Crippen LogP contribution in [0.5, 0.6) is 0 Å². The number of carbonyl (C=O) groups is 1. The number of amides is 1. The number of nitrogens with zero attached hydrogens (tertiary/aromatic N) is 2. The largest absolute Gasteiger partial charge is 0.394 e. The highest BCUT2D eigenvalue weighted by atomic mass is 16.3. The van der Waals surface area contributed by atoms with E-state index in [1.807, 2.05) is 0 Å². The van der Waals surface area contributed by atoms with Gasteiger partial charge in [-0.05, 0) is 27.2 Å². The van der Waals surface area contributed by atoms with E-state index in [1.54, 1.807) is 11.9 Å². The molecule has 1 rings (SSSR count). The first-order chi connectivity index (χ1) is 7.35. The summed E-state index contributed by atoms with van der Waals surface area (Å²) in [5.74, 6) is 0.0297. The lowest BCUT2D eigenvalue weighted by Crippen LogP contribution is -2.68. The van der Waals surface area contributed by atoms with E-state index in [1.165, 1.54) is 0 Å². The molecule has 0 bridgehead atoms. The standard InChI is InChI=1S/C12H24N2O2/c1-6-9(2)14-10(7-15)11(16)13(5)8-12(14,3)4/h9-10,15H,6-8H2,1-5H3. The normalized spacial score (nSPS) is 28.2. The van der Waals surface area contributed by atoms with Crippen LogP contribution in [-0.2, 0) is 4.79 Å². The molecular formula is C12H24N2O2. The molecule has 94 valence electrons. The fourth-order valence-corrected chi connectivity index (χ4v) is 2.80. The number of carbonyl (C=O) groups excluding carboxylic acids is 1. The van der Waals surface area contributed by atoms with Gasteiger partial charge in [-0.25, -0.2) is 0 Å². The maximum Gasteiger partial charge on any atom is 0.242 e. The van der Waals surface area contributed by atoms with E-state index in [0.29, 0.717) is 12.6 Å². The van der Waals surface area contributed by atoms with Gasteiger partial charge in [-0.1, -0.05) is 6.92 Å². The third-order valence-electron chi connectivity index (χ3n) is 3.56. The number of likely N-dealkylation sites (N-methyl/N-ethyl adjacent to an activating group) is 1. The van der Waals surface area contributed by atoms with Crippen molar-refractivity contribution < 1.29 is 9.90 Å². The molecule has 4 heteroatoms. The van der Waals surface area contributed by atoms with Gasteiger partial charge in [-0.15, -0.1) is 0 Å². The highest BCUT2D eigenvalue weighted by Gasteiger charge is 2.45. The van der Waals surface area contributed by atoms with E-state index in [-0.39, 0.29) is 24.1 Å². The molecule has 0 aromatic carbocycles. The Morgan fingerprint density at radius 3 is 2.56 bits per heavy atom. The van der Waals surface area contributed by atoms with Gasteiger partial charge in [0.2, 0.25) is 5.91 Å². The number of rotatable bonds is 3. The molecule has 1 aliphatic heterocycles. The van der Waals surface area contributed by atoms with Crippen molar-refractivity contribution in [2.75, 3.05) is 20.2 Å². The van der Waals surface area contributed by atoms with Gasteiger partial charge >= 0.3 is 0 Å². The first-order valence-corrected chi connectivity index (χ1v) is 5.99. The molecule has 2 atom stereocenters. The zero-order valence-corrected chi connectivity index (χ0v) is 11.0. The predicted octanol–water partition coefficient (Wildman–Crippen LogP) is 0.698. The molecule has 1 N–H and O–H groups in total. The Morgan fingerprint density at radius 2 is 2.12 bits per heavy atom. The SMILES string of the molecule is CCC(C)N1C(CO)C(=O)N(C)CC1(C)C. The second-order valence-corrected chi connectivity index (χ2v) is 5.37. The smallest absolute Gasteiger partial charge is 0.242 e. The van der Waals surface area contributed by atoms with Crippen molar-refractivity contribution in [2.24, 2.45) is 0 Å². The molecule has 0 saturated carbocycles. The van der Waals surface area contributed by atoms with Crippen LogP contribution in [-0.4, -0.2) is 58.6 Å². The third-order valence-corrected chi connectivity index (χ3v) is 3.56. The van der Waals surface area contributed by atoms with Crippen LogP contribution in [0.4, 0.5) is 0 Å². The van der Waals surface area contributed by atoms with E-state index in [0.717, 1.165) is 6.42 Å². The van der Waals surface area contributed by atoms with E-state index < -0.39 is 0 Å². The van der Waals surface area contributed by atoms with Crippen molar-refractivity contribution in [2.45, 2.75) is 51.7 Å². The summed E-state index contributed by atoms with van der Waals surface area (Å²) in [5, 5.41) is 9.44. The highest BCUT2D eigenvalue weighted by Crippen LogP contribution is 2.28. The maximum absolute atomic E-state index is 12.0. The Kier molecular flexibility index (Phi) is 3.97. The van der Waals surface area contributed by atoms with Gasteiger partial charge in [0.1, 0.15) is 6.04 Å². The zero-order chi connectivity index (χ0) is 12.5. The lowest BCUT2D eigenvalue weighted by atomic mass is 9.92. The molecular weight excluding hydrogens is 204 g/mol.